The van der Waals surface area contributed by atoms with Crippen LogP contribution < -0.4 is 9.47 Å². The van der Waals surface area contributed by atoms with Crippen molar-refractivity contribution in [1.82, 2.24) is 0 Å². The molecule has 0 spiro atoms. The number of methoxy groups -OCH3 is 2. The molecule has 0 heterocycles. The number of hydrogen-bond donors (Lipinski definition) is 0. The number of rotatable bonds is 2. The van der Waals surface area contributed by atoms with Gasteiger partial charge in [0, 0.05) is 6.07 Å². The van der Waals surface area contributed by atoms with Crippen LogP contribution in [0.3, 0.4) is 0 Å². The smallest absolute Gasteiger partial charge is 0.137 e. The highest BCUT2D eigenvalue weighted by Crippen LogP contribution is 2.39. The molecule has 4 heteroatoms. The Kier molecular flexibility index (Phi) is 3.62. The summed E-state index contributed by atoms with van der Waals surface area (Å²) in [5.74, 6) is 1.55. The monoisotopic (exact) mass is 308 g/mol. The molecule has 0 atom stereocenters. The van der Waals surface area contributed by atoms with E-state index in [-0.39, 0.29) is 0 Å². The normalized spacial score (nSPS) is 9.92. The minimum atomic E-state index is 0.776. The maximum atomic E-state index is 5.18. The second-order valence-corrected chi connectivity index (χ2v) is 4.12. The Morgan fingerprint density at radius 2 is 1.38 bits per heavy atom. The lowest BCUT2D eigenvalue weighted by molar-refractivity contribution is 0.390. The van der Waals surface area contributed by atoms with Crippen LogP contribution in [0.4, 0.5) is 0 Å². The summed E-state index contributed by atoms with van der Waals surface area (Å²) < 4.78 is 12.2. The third kappa shape index (κ3) is 1.99. The van der Waals surface area contributed by atoms with Crippen molar-refractivity contribution in [3.8, 4) is 11.5 Å². The Morgan fingerprint density at radius 1 is 1.00 bits per heavy atom. The van der Waals surface area contributed by atoms with Crippen LogP contribution in [-0.2, 0) is 0 Å². The van der Waals surface area contributed by atoms with E-state index in [2.05, 4.69) is 31.9 Å². The first kappa shape index (κ1) is 10.9. The summed E-state index contributed by atoms with van der Waals surface area (Å²) in [6.07, 6.45) is 0. The van der Waals surface area contributed by atoms with Gasteiger partial charge in [0.2, 0.25) is 0 Å². The summed E-state index contributed by atoms with van der Waals surface area (Å²) in [6.45, 7) is 1.99. The Morgan fingerprint density at radius 3 is 1.69 bits per heavy atom. The van der Waals surface area contributed by atoms with E-state index in [1.807, 2.05) is 13.0 Å². The first-order valence-electron chi connectivity index (χ1n) is 3.68. The molecule has 13 heavy (non-hydrogen) atoms. The standard InChI is InChI=1S/C9H10Br2O2/c1-5-8(10)6(12-2)4-7(13-3)9(5)11/h4H,1-3H3. The fourth-order valence-corrected chi connectivity index (χ4v) is 2.22. The van der Waals surface area contributed by atoms with Crippen molar-refractivity contribution >= 4 is 31.9 Å². The van der Waals surface area contributed by atoms with Crippen LogP contribution >= 0.6 is 31.9 Å². The van der Waals surface area contributed by atoms with Gasteiger partial charge in [0.15, 0.2) is 0 Å². The zero-order valence-electron chi connectivity index (χ0n) is 7.65. The van der Waals surface area contributed by atoms with Crippen molar-refractivity contribution in [3.63, 3.8) is 0 Å². The number of hydrogen-bond acceptors (Lipinski definition) is 2. The van der Waals surface area contributed by atoms with Gasteiger partial charge in [-0.2, -0.15) is 0 Å². The van der Waals surface area contributed by atoms with E-state index in [4.69, 9.17) is 9.47 Å². The summed E-state index contributed by atoms with van der Waals surface area (Å²) in [4.78, 5) is 0. The quantitative estimate of drug-likeness (QED) is 0.832. The first-order valence-corrected chi connectivity index (χ1v) is 5.27. The van der Waals surface area contributed by atoms with Gasteiger partial charge < -0.3 is 9.47 Å². The predicted octanol–water partition coefficient (Wildman–Crippen LogP) is 3.54. The van der Waals surface area contributed by atoms with Crippen molar-refractivity contribution in [1.29, 1.82) is 0 Å². The molecule has 72 valence electrons. The molecule has 0 aliphatic carbocycles. The molecule has 0 unspecified atom stereocenters. The molecule has 0 N–H and O–H groups in total. The molecule has 2 nitrogen and oxygen atoms in total. The minimum absolute atomic E-state index is 0.776. The molecule has 0 radical (unpaired) electrons. The van der Waals surface area contributed by atoms with Crippen molar-refractivity contribution < 1.29 is 9.47 Å². The second kappa shape index (κ2) is 4.33. The first-order chi connectivity index (χ1) is 6.11. The number of ether oxygens (including phenoxy) is 2. The molecular weight excluding hydrogens is 300 g/mol. The van der Waals surface area contributed by atoms with E-state index in [1.165, 1.54) is 0 Å². The molecule has 0 amide bonds. The van der Waals surface area contributed by atoms with Crippen LogP contribution in [0.1, 0.15) is 5.56 Å². The molecule has 0 fully saturated rings. The average Bonchev–Trinajstić information content (AvgIpc) is 2.15. The largest absolute Gasteiger partial charge is 0.495 e. The van der Waals surface area contributed by atoms with E-state index < -0.39 is 0 Å². The Hall–Kier alpha value is -0.220. The van der Waals surface area contributed by atoms with Crippen molar-refractivity contribution in [2.45, 2.75) is 6.92 Å². The maximum absolute atomic E-state index is 5.18. The topological polar surface area (TPSA) is 18.5 Å². The SMILES string of the molecule is COc1cc(OC)c(Br)c(C)c1Br. The molecule has 0 aliphatic rings. The van der Waals surface area contributed by atoms with Gasteiger partial charge in [0.05, 0.1) is 23.2 Å². The molecule has 0 saturated carbocycles. The van der Waals surface area contributed by atoms with Crippen molar-refractivity contribution in [3.05, 3.63) is 20.6 Å². The predicted molar refractivity (Wildman–Crippen MR) is 59.7 cm³/mol. The lowest BCUT2D eigenvalue weighted by atomic mass is 10.2. The van der Waals surface area contributed by atoms with E-state index in [9.17, 15) is 0 Å². The number of halogens is 2. The van der Waals surface area contributed by atoms with Crippen molar-refractivity contribution in [2.75, 3.05) is 14.2 Å². The Balaban J connectivity index is 3.36. The zero-order valence-corrected chi connectivity index (χ0v) is 10.8. The summed E-state index contributed by atoms with van der Waals surface area (Å²) in [5, 5.41) is 0. The highest BCUT2D eigenvalue weighted by molar-refractivity contribution is 9.11. The van der Waals surface area contributed by atoms with E-state index in [0.717, 1.165) is 26.0 Å². The Labute approximate surface area is 94.5 Å². The fourth-order valence-electron chi connectivity index (χ4n) is 1.01. The van der Waals surface area contributed by atoms with Crippen LogP contribution in [-0.4, -0.2) is 14.2 Å². The van der Waals surface area contributed by atoms with Crippen LogP contribution in [0.2, 0.25) is 0 Å². The van der Waals surface area contributed by atoms with Crippen LogP contribution in [0.5, 0.6) is 11.5 Å². The third-order valence-electron chi connectivity index (χ3n) is 1.79. The van der Waals surface area contributed by atoms with Gasteiger partial charge >= 0.3 is 0 Å². The summed E-state index contributed by atoms with van der Waals surface area (Å²) in [7, 11) is 3.26. The lowest BCUT2D eigenvalue weighted by Crippen LogP contribution is -1.92. The van der Waals surface area contributed by atoms with Crippen LogP contribution in [0, 0.1) is 6.92 Å². The highest BCUT2D eigenvalue weighted by atomic mass is 79.9. The van der Waals surface area contributed by atoms with E-state index in [0.29, 0.717) is 0 Å². The third-order valence-corrected chi connectivity index (χ3v) is 3.76. The van der Waals surface area contributed by atoms with Gasteiger partial charge in [0.25, 0.3) is 0 Å². The minimum Gasteiger partial charge on any atom is -0.495 e. The summed E-state index contributed by atoms with van der Waals surface area (Å²) in [6, 6.07) is 1.83. The van der Waals surface area contributed by atoms with E-state index >= 15 is 0 Å². The fraction of sp³-hybridized carbons (Fsp3) is 0.333. The molecular formula is C9H10Br2O2. The molecule has 1 rings (SSSR count). The molecule has 0 bridgehead atoms. The number of benzene rings is 1. The van der Waals surface area contributed by atoms with Gasteiger partial charge in [-0.05, 0) is 44.3 Å². The van der Waals surface area contributed by atoms with E-state index in [1.54, 1.807) is 14.2 Å². The highest BCUT2D eigenvalue weighted by Gasteiger charge is 2.12. The van der Waals surface area contributed by atoms with Crippen molar-refractivity contribution in [2.24, 2.45) is 0 Å². The van der Waals surface area contributed by atoms with Crippen LogP contribution in [0.25, 0.3) is 0 Å². The Bertz CT molecular complexity index is 296. The van der Waals surface area contributed by atoms with Gasteiger partial charge in [-0.3, -0.25) is 0 Å². The second-order valence-electron chi connectivity index (χ2n) is 2.53. The maximum Gasteiger partial charge on any atom is 0.137 e. The lowest BCUT2D eigenvalue weighted by Gasteiger charge is -2.11. The molecule has 1 aromatic rings. The summed E-state index contributed by atoms with van der Waals surface area (Å²) in [5.41, 5.74) is 1.07. The molecule has 0 aromatic heterocycles. The van der Waals surface area contributed by atoms with Gasteiger partial charge in [-0.15, -0.1) is 0 Å². The molecule has 1 aromatic carbocycles. The van der Waals surface area contributed by atoms with Crippen LogP contribution in [0.15, 0.2) is 15.0 Å². The zero-order chi connectivity index (χ0) is 10.0. The molecule has 0 saturated heterocycles. The average molecular weight is 310 g/mol. The summed E-state index contributed by atoms with van der Waals surface area (Å²) >= 11 is 6.89. The van der Waals surface area contributed by atoms with Gasteiger partial charge in [-0.25, -0.2) is 0 Å². The van der Waals surface area contributed by atoms with Gasteiger partial charge in [0.1, 0.15) is 11.5 Å². The van der Waals surface area contributed by atoms with Gasteiger partial charge in [-0.1, -0.05) is 0 Å². The molecule has 0 aliphatic heterocycles.